The van der Waals surface area contributed by atoms with Gasteiger partial charge in [0.1, 0.15) is 52.6 Å². The van der Waals surface area contributed by atoms with Gasteiger partial charge < -0.3 is 18.9 Å². The zero-order chi connectivity index (χ0) is 31.4. The minimum absolute atomic E-state index is 0.00723. The van der Waals surface area contributed by atoms with E-state index in [0.29, 0.717) is 9.37 Å². The molecule has 226 valence electrons. The first kappa shape index (κ1) is 32.3. The lowest BCUT2D eigenvalue weighted by atomic mass is 9.96. The Bertz CT molecular complexity index is 1580. The van der Waals surface area contributed by atoms with Crippen LogP contribution in [-0.4, -0.2) is 68.2 Å². The Labute approximate surface area is 260 Å². The van der Waals surface area contributed by atoms with Gasteiger partial charge in [-0.3, -0.25) is 14.4 Å². The Morgan fingerprint density at radius 3 is 2.37 bits per heavy atom. The van der Waals surface area contributed by atoms with E-state index in [1.54, 1.807) is 6.07 Å². The second kappa shape index (κ2) is 13.8. The molecule has 3 aromatic rings. The van der Waals surface area contributed by atoms with Gasteiger partial charge in [-0.2, -0.15) is 5.26 Å². The van der Waals surface area contributed by atoms with Gasteiger partial charge in [0.05, 0.1) is 6.20 Å². The first-order valence-electron chi connectivity index (χ1n) is 12.3. The number of hydrogen-bond donors (Lipinski definition) is 0. The van der Waals surface area contributed by atoms with Crippen molar-refractivity contribution in [3.05, 3.63) is 57.4 Å². The van der Waals surface area contributed by atoms with Gasteiger partial charge in [0.25, 0.3) is 0 Å². The predicted octanol–water partition coefficient (Wildman–Crippen LogP) is 4.39. The third kappa shape index (κ3) is 7.66. The largest absolute Gasteiger partial charge is 0.463 e. The maximum Gasteiger partial charge on any atom is 0.303 e. The average molecular weight is 701 g/mol. The normalized spacial score (nSPS) is 21.5. The number of nitrogens with zero attached hydrogens (tertiary/aromatic N) is 5. The van der Waals surface area contributed by atoms with Crippen molar-refractivity contribution < 1.29 is 42.1 Å². The molecular formula is C26H21BrClF2N5O7S. The van der Waals surface area contributed by atoms with Crippen LogP contribution in [0, 0.1) is 23.0 Å². The fourth-order valence-electron chi connectivity index (χ4n) is 4.26. The van der Waals surface area contributed by atoms with Crippen LogP contribution in [0.25, 0.3) is 11.3 Å². The summed E-state index contributed by atoms with van der Waals surface area (Å²) in [5, 5.41) is 17.0. The molecule has 2 aromatic heterocycles. The molecule has 0 spiro atoms. The van der Waals surface area contributed by atoms with Crippen molar-refractivity contribution in [1.82, 2.24) is 20.0 Å². The summed E-state index contributed by atoms with van der Waals surface area (Å²) in [6, 6.07) is 4.33. The Morgan fingerprint density at radius 2 is 1.77 bits per heavy atom. The van der Waals surface area contributed by atoms with E-state index in [9.17, 15) is 28.4 Å². The molecule has 12 nitrogen and oxygen atoms in total. The van der Waals surface area contributed by atoms with Gasteiger partial charge in [0.2, 0.25) is 0 Å². The van der Waals surface area contributed by atoms with Gasteiger partial charge in [0.15, 0.2) is 17.9 Å². The summed E-state index contributed by atoms with van der Waals surface area (Å²) in [7, 11) is 0. The standard InChI is InChI=1S/C26H21BrClF2N5O7S/c1-11(36)39-10-20-24(40-12(2)37)23(35-9-19(33-34-35)14-4-16(29)22(28)17(30)5-14)25(41-13(3)38)26(42-20)43-21-6-15(27)8-32-18(21)7-31/h4-6,8-9,20,23-26H,10H2,1-3H3/t20-,23+,24+,25-,26-/m1/s1. The van der Waals surface area contributed by atoms with Crippen molar-refractivity contribution in [2.45, 2.75) is 55.5 Å². The van der Waals surface area contributed by atoms with E-state index in [0.717, 1.165) is 37.7 Å². The van der Waals surface area contributed by atoms with Gasteiger partial charge in [0, 0.05) is 41.9 Å². The van der Waals surface area contributed by atoms with E-state index >= 15 is 0 Å². The fraction of sp³-hybridized carbons (Fsp3) is 0.346. The molecule has 1 saturated heterocycles. The molecule has 0 bridgehead atoms. The summed E-state index contributed by atoms with van der Waals surface area (Å²) >= 11 is 9.90. The molecule has 0 amide bonds. The molecule has 1 aliphatic rings. The number of nitriles is 1. The number of thioether (sulfide) groups is 1. The van der Waals surface area contributed by atoms with Crippen LogP contribution in [0.2, 0.25) is 5.02 Å². The Balaban J connectivity index is 1.85. The van der Waals surface area contributed by atoms with Crippen molar-refractivity contribution >= 4 is 57.2 Å². The topological polar surface area (TPSA) is 156 Å². The van der Waals surface area contributed by atoms with Crippen molar-refractivity contribution in [2.75, 3.05) is 6.61 Å². The highest BCUT2D eigenvalue weighted by atomic mass is 79.9. The van der Waals surface area contributed by atoms with Crippen LogP contribution >= 0.6 is 39.3 Å². The molecule has 1 aromatic carbocycles. The van der Waals surface area contributed by atoms with Gasteiger partial charge in [-0.05, 0) is 34.1 Å². The summed E-state index contributed by atoms with van der Waals surface area (Å²) in [6.07, 6.45) is -0.944. The highest BCUT2D eigenvalue weighted by Gasteiger charge is 2.52. The maximum atomic E-state index is 14.2. The van der Waals surface area contributed by atoms with Crippen molar-refractivity contribution in [3.8, 4) is 17.3 Å². The molecule has 4 rings (SSSR count). The molecular weight excluding hydrogens is 680 g/mol. The SMILES string of the molecule is CC(=O)OC[C@H]1O[C@H](Sc2cc(Br)cnc2C#N)[C@H](OC(C)=O)[C@@H](n2cc(-c3cc(F)c(Cl)c(F)c3)nn2)[C@H]1OC(C)=O. The lowest BCUT2D eigenvalue weighted by Gasteiger charge is -2.44. The lowest BCUT2D eigenvalue weighted by molar-refractivity contribution is -0.212. The van der Waals surface area contributed by atoms with Crippen LogP contribution in [0.3, 0.4) is 0 Å². The number of carbonyl (C=O) groups is 3. The number of benzene rings is 1. The molecule has 43 heavy (non-hydrogen) atoms. The Kier molecular flexibility index (Phi) is 10.3. The third-order valence-corrected chi connectivity index (χ3v) is 7.91. The predicted molar refractivity (Wildman–Crippen MR) is 148 cm³/mol. The maximum absolute atomic E-state index is 14.2. The van der Waals surface area contributed by atoms with E-state index in [2.05, 4.69) is 31.2 Å². The molecule has 1 fully saturated rings. The molecule has 0 saturated carbocycles. The molecule has 0 N–H and O–H groups in total. The molecule has 3 heterocycles. The second-order valence-corrected chi connectivity index (χ2v) is 11.5. The Morgan fingerprint density at radius 1 is 1.12 bits per heavy atom. The number of rotatable bonds is 8. The van der Waals surface area contributed by atoms with Crippen molar-refractivity contribution in [3.63, 3.8) is 0 Å². The highest BCUT2D eigenvalue weighted by molar-refractivity contribution is 9.10. The first-order valence-corrected chi connectivity index (χ1v) is 14.3. The number of aromatic nitrogens is 4. The summed E-state index contributed by atoms with van der Waals surface area (Å²) in [5.74, 6) is -4.18. The molecule has 0 radical (unpaired) electrons. The summed E-state index contributed by atoms with van der Waals surface area (Å²) < 4.78 is 52.8. The minimum Gasteiger partial charge on any atom is -0.463 e. The summed E-state index contributed by atoms with van der Waals surface area (Å²) in [4.78, 5) is 40.7. The molecule has 1 aliphatic heterocycles. The zero-order valence-corrected chi connectivity index (χ0v) is 25.7. The van der Waals surface area contributed by atoms with Crippen LogP contribution in [0.5, 0.6) is 0 Å². The number of carbonyl (C=O) groups excluding carboxylic acids is 3. The van der Waals surface area contributed by atoms with Gasteiger partial charge >= 0.3 is 17.9 Å². The summed E-state index contributed by atoms with van der Waals surface area (Å²) in [5.41, 5.74) is -1.06. The van der Waals surface area contributed by atoms with Crippen LogP contribution in [0.1, 0.15) is 32.5 Å². The first-order chi connectivity index (χ1) is 20.4. The highest BCUT2D eigenvalue weighted by Crippen LogP contribution is 2.42. The third-order valence-electron chi connectivity index (χ3n) is 5.94. The van der Waals surface area contributed by atoms with E-state index < -0.39 is 64.4 Å². The number of pyridine rings is 1. The number of esters is 3. The smallest absolute Gasteiger partial charge is 0.303 e. The molecule has 0 aliphatic carbocycles. The van der Waals surface area contributed by atoms with Crippen LogP contribution in [0.4, 0.5) is 8.78 Å². The fourth-order valence-corrected chi connectivity index (χ4v) is 6.05. The van der Waals surface area contributed by atoms with Gasteiger partial charge in [-0.1, -0.05) is 28.6 Å². The van der Waals surface area contributed by atoms with E-state index in [-0.39, 0.29) is 23.6 Å². The quantitative estimate of drug-likeness (QED) is 0.186. The minimum atomic E-state index is -1.28. The van der Waals surface area contributed by atoms with E-state index in [1.807, 2.05) is 6.07 Å². The van der Waals surface area contributed by atoms with Crippen LogP contribution in [-0.2, 0) is 33.3 Å². The number of ether oxygens (including phenoxy) is 4. The molecule has 17 heteroatoms. The number of halogens is 4. The monoisotopic (exact) mass is 699 g/mol. The number of hydrogen-bond acceptors (Lipinski definition) is 12. The van der Waals surface area contributed by atoms with Gasteiger partial charge in [-0.25, -0.2) is 18.4 Å². The van der Waals surface area contributed by atoms with Crippen molar-refractivity contribution in [1.29, 1.82) is 5.26 Å². The van der Waals surface area contributed by atoms with E-state index in [1.165, 1.54) is 24.0 Å². The second-order valence-electron chi connectivity index (χ2n) is 9.05. The molecule has 0 unspecified atom stereocenters. The van der Waals surface area contributed by atoms with Crippen LogP contribution < -0.4 is 0 Å². The van der Waals surface area contributed by atoms with Gasteiger partial charge in [-0.15, -0.1) is 5.10 Å². The zero-order valence-electron chi connectivity index (χ0n) is 22.5. The summed E-state index contributed by atoms with van der Waals surface area (Å²) in [6.45, 7) is 3.08. The lowest BCUT2D eigenvalue weighted by Crippen LogP contribution is -2.57. The van der Waals surface area contributed by atoms with Crippen LogP contribution in [0.15, 0.2) is 40.0 Å². The van der Waals surface area contributed by atoms with E-state index in [4.69, 9.17) is 30.5 Å². The van der Waals surface area contributed by atoms with Crippen molar-refractivity contribution in [2.24, 2.45) is 0 Å². The Hall–Kier alpha value is -3.65. The average Bonchev–Trinajstić information content (AvgIpc) is 3.41. The molecule has 5 atom stereocenters.